The largest absolute Gasteiger partial charge is 0.593 e. The molecule has 0 amide bonds. The summed E-state index contributed by atoms with van der Waals surface area (Å²) in [5.74, 6) is -1.03. The Morgan fingerprint density at radius 1 is 1.41 bits per heavy atom. The third-order valence-electron chi connectivity index (χ3n) is 2.16. The lowest BCUT2D eigenvalue weighted by molar-refractivity contribution is 0.0698. The molecule has 0 fully saturated rings. The summed E-state index contributed by atoms with van der Waals surface area (Å²) in [6.45, 7) is 7.29. The van der Waals surface area contributed by atoms with Gasteiger partial charge in [0.15, 0.2) is 0 Å². The van der Waals surface area contributed by atoms with Crippen molar-refractivity contribution in [3.63, 3.8) is 0 Å². The Labute approximate surface area is 104 Å². The molecule has 1 aromatic carbocycles. The maximum Gasteiger partial charge on any atom is 0.337 e. The van der Waals surface area contributed by atoms with Crippen molar-refractivity contribution < 1.29 is 14.5 Å². The van der Waals surface area contributed by atoms with Crippen LogP contribution in [-0.2, 0) is 11.4 Å². The van der Waals surface area contributed by atoms with Crippen molar-refractivity contribution in [2.24, 2.45) is 0 Å². The maximum absolute atomic E-state index is 11.9. The van der Waals surface area contributed by atoms with E-state index in [1.807, 2.05) is 27.7 Å². The van der Waals surface area contributed by atoms with Gasteiger partial charge in [0.1, 0.15) is 4.75 Å². The Bertz CT molecular complexity index is 426. The summed E-state index contributed by atoms with van der Waals surface area (Å²) in [6.07, 6.45) is 0. The maximum atomic E-state index is 11.9. The van der Waals surface area contributed by atoms with Crippen LogP contribution in [0.25, 0.3) is 0 Å². The average Bonchev–Trinajstić information content (AvgIpc) is 2.18. The lowest BCUT2D eigenvalue weighted by Gasteiger charge is -2.24. The molecule has 0 radical (unpaired) electrons. The summed E-state index contributed by atoms with van der Waals surface area (Å²) in [7, 11) is 0. The molecule has 17 heavy (non-hydrogen) atoms. The number of nitrogens with one attached hydrogen (secondary N) is 1. The summed E-state index contributed by atoms with van der Waals surface area (Å²) >= 11 is -1.34. The van der Waals surface area contributed by atoms with Gasteiger partial charge in [-0.25, -0.2) is 9.52 Å². The first-order valence-electron chi connectivity index (χ1n) is 5.24. The van der Waals surface area contributed by atoms with Gasteiger partial charge >= 0.3 is 5.97 Å². The molecule has 0 heterocycles. The van der Waals surface area contributed by atoms with Crippen LogP contribution in [0.3, 0.4) is 0 Å². The van der Waals surface area contributed by atoms with Crippen molar-refractivity contribution in [1.82, 2.24) is 0 Å². The van der Waals surface area contributed by atoms with Crippen molar-refractivity contribution in [3.8, 4) is 0 Å². The zero-order valence-electron chi connectivity index (χ0n) is 10.4. The fourth-order valence-corrected chi connectivity index (χ4v) is 1.86. The van der Waals surface area contributed by atoms with E-state index in [2.05, 4.69) is 4.72 Å². The number of hydrogen-bond donors (Lipinski definition) is 2. The number of benzene rings is 1. The molecule has 1 aromatic rings. The zero-order valence-corrected chi connectivity index (χ0v) is 11.2. The Hall–Kier alpha value is -1.20. The van der Waals surface area contributed by atoms with E-state index < -0.39 is 22.1 Å². The van der Waals surface area contributed by atoms with E-state index in [1.165, 1.54) is 0 Å². The molecular weight excluding hydrogens is 238 g/mol. The highest BCUT2D eigenvalue weighted by Gasteiger charge is 2.28. The molecule has 1 atom stereocenters. The number of hydrogen-bond acceptors (Lipinski definition) is 3. The van der Waals surface area contributed by atoms with Crippen molar-refractivity contribution in [1.29, 1.82) is 0 Å². The van der Waals surface area contributed by atoms with Gasteiger partial charge in [0.25, 0.3) is 0 Å². The number of carboxylic acids is 1. The molecule has 0 aliphatic heterocycles. The van der Waals surface area contributed by atoms with Gasteiger partial charge in [-0.15, -0.1) is 0 Å². The summed E-state index contributed by atoms with van der Waals surface area (Å²) in [5, 5.41) is 9.07. The number of carboxylic acid groups (broad SMARTS) is 1. The highest BCUT2D eigenvalue weighted by molar-refractivity contribution is 7.94. The van der Waals surface area contributed by atoms with Crippen molar-refractivity contribution >= 4 is 23.0 Å². The predicted octanol–water partition coefficient (Wildman–Crippen LogP) is 2.57. The molecule has 5 heteroatoms. The van der Waals surface area contributed by atoms with Gasteiger partial charge in [-0.05, 0) is 39.8 Å². The summed E-state index contributed by atoms with van der Waals surface area (Å²) in [6, 6.07) is 4.99. The molecule has 0 unspecified atom stereocenters. The van der Waals surface area contributed by atoms with Crippen LogP contribution in [0, 0.1) is 6.92 Å². The molecule has 0 spiro atoms. The molecule has 1 rings (SSSR count). The van der Waals surface area contributed by atoms with Crippen LogP contribution in [-0.4, -0.2) is 20.4 Å². The number of carbonyl (C=O) groups is 1. The summed E-state index contributed by atoms with van der Waals surface area (Å²) in [4.78, 5) is 11.1. The van der Waals surface area contributed by atoms with Crippen molar-refractivity contribution in [2.75, 3.05) is 4.72 Å². The molecule has 2 N–H and O–H groups in total. The Balaban J connectivity index is 3.03. The molecule has 0 aromatic heterocycles. The van der Waals surface area contributed by atoms with Crippen LogP contribution >= 0.6 is 0 Å². The lowest BCUT2D eigenvalue weighted by atomic mass is 10.1. The van der Waals surface area contributed by atoms with E-state index in [0.29, 0.717) is 5.69 Å². The zero-order chi connectivity index (χ0) is 13.2. The third kappa shape index (κ3) is 3.64. The topological polar surface area (TPSA) is 72.4 Å². The van der Waals surface area contributed by atoms with E-state index >= 15 is 0 Å². The monoisotopic (exact) mass is 255 g/mol. The third-order valence-corrected chi connectivity index (χ3v) is 3.68. The molecule has 0 aliphatic rings. The van der Waals surface area contributed by atoms with Gasteiger partial charge in [-0.3, -0.25) is 0 Å². The lowest BCUT2D eigenvalue weighted by Crippen LogP contribution is -2.34. The fourth-order valence-electron chi connectivity index (χ4n) is 1.18. The molecule has 0 aliphatic carbocycles. The number of aromatic carboxylic acids is 1. The summed E-state index contributed by atoms with van der Waals surface area (Å²) < 4.78 is 14.2. The first-order chi connectivity index (χ1) is 7.71. The van der Waals surface area contributed by atoms with Gasteiger partial charge in [0, 0.05) is 0 Å². The van der Waals surface area contributed by atoms with Crippen molar-refractivity contribution in [3.05, 3.63) is 29.3 Å². The highest BCUT2D eigenvalue weighted by atomic mass is 32.2. The predicted molar refractivity (Wildman–Crippen MR) is 69.7 cm³/mol. The van der Waals surface area contributed by atoms with Gasteiger partial charge in [-0.1, -0.05) is 11.6 Å². The van der Waals surface area contributed by atoms with Crippen LogP contribution in [0.1, 0.15) is 36.7 Å². The first kappa shape index (κ1) is 13.9. The SMILES string of the molecule is Cc1ccc(N[S@+]([O-])C(C)(C)C)c(C(=O)O)c1. The minimum atomic E-state index is -1.34. The van der Waals surface area contributed by atoms with Crippen LogP contribution < -0.4 is 4.72 Å². The second-order valence-electron chi connectivity index (χ2n) is 4.84. The first-order valence-corrected chi connectivity index (χ1v) is 6.39. The Kier molecular flexibility index (Phi) is 4.06. The normalized spacial score (nSPS) is 13.2. The van der Waals surface area contributed by atoms with Crippen molar-refractivity contribution in [2.45, 2.75) is 32.4 Å². The number of rotatable bonds is 3. The highest BCUT2D eigenvalue weighted by Crippen LogP contribution is 2.23. The van der Waals surface area contributed by atoms with Gasteiger partial charge in [0.2, 0.25) is 0 Å². The van der Waals surface area contributed by atoms with Crippen LogP contribution in [0.15, 0.2) is 18.2 Å². The Morgan fingerprint density at radius 2 is 2.00 bits per heavy atom. The van der Waals surface area contributed by atoms with Gasteiger partial charge < -0.3 is 9.66 Å². The van der Waals surface area contributed by atoms with E-state index in [9.17, 15) is 9.35 Å². The van der Waals surface area contributed by atoms with E-state index in [1.54, 1.807) is 18.2 Å². The Morgan fingerprint density at radius 3 is 2.47 bits per heavy atom. The van der Waals surface area contributed by atoms with Crippen LogP contribution in [0.2, 0.25) is 0 Å². The molecule has 0 saturated heterocycles. The minimum Gasteiger partial charge on any atom is -0.593 e. The number of anilines is 1. The smallest absolute Gasteiger partial charge is 0.337 e. The van der Waals surface area contributed by atoms with Gasteiger partial charge in [-0.2, -0.15) is 0 Å². The average molecular weight is 255 g/mol. The van der Waals surface area contributed by atoms with Crippen LogP contribution in [0.5, 0.6) is 0 Å². The standard InChI is InChI=1S/C12H17NO3S/c1-8-5-6-10(9(7-8)11(14)15)13-17(16)12(2,3)4/h5-7,13H,1-4H3,(H,14,15)/t17-/m1/s1. The van der Waals surface area contributed by atoms with Crippen LogP contribution in [0.4, 0.5) is 5.69 Å². The fraction of sp³-hybridized carbons (Fsp3) is 0.417. The second-order valence-corrected chi connectivity index (χ2v) is 6.80. The second kappa shape index (κ2) is 4.98. The number of aryl methyl sites for hydroxylation is 1. The molecule has 0 saturated carbocycles. The summed E-state index contributed by atoms with van der Waals surface area (Å²) in [5.41, 5.74) is 1.38. The minimum absolute atomic E-state index is 0.141. The van der Waals surface area contributed by atoms with E-state index in [-0.39, 0.29) is 5.56 Å². The molecular formula is C12H17NO3S. The van der Waals surface area contributed by atoms with E-state index in [4.69, 9.17) is 5.11 Å². The van der Waals surface area contributed by atoms with Gasteiger partial charge in [0.05, 0.1) is 22.6 Å². The van der Waals surface area contributed by atoms with E-state index in [0.717, 1.165) is 5.56 Å². The quantitative estimate of drug-likeness (QED) is 0.814. The molecule has 4 nitrogen and oxygen atoms in total. The molecule has 0 bridgehead atoms. The molecule has 94 valence electrons.